The Hall–Kier alpha value is -3.40. The normalized spacial score (nSPS) is 11.1. The summed E-state index contributed by atoms with van der Waals surface area (Å²) < 4.78 is 0. The van der Waals surface area contributed by atoms with Crippen molar-refractivity contribution < 1.29 is 9.90 Å². The molecule has 0 spiro atoms. The number of aryl methyl sites for hydroxylation is 3. The lowest BCUT2D eigenvalue weighted by molar-refractivity contribution is 0.0697. The standard InChI is InChI=1S/C23H20N2O2/c1-13-9-19(10-14(2)24-13)22-15(3)20-8-7-17(12-21(20)25-22)16-5-4-6-18(11-16)23(26)27/h4-12,25H,1-3H3,(H,26,27). The fraction of sp³-hybridized carbons (Fsp3) is 0.130. The molecule has 0 aliphatic carbocycles. The average molecular weight is 356 g/mol. The van der Waals surface area contributed by atoms with E-state index in [1.165, 1.54) is 5.56 Å². The molecule has 0 saturated heterocycles. The van der Waals surface area contributed by atoms with Crippen LogP contribution >= 0.6 is 0 Å². The largest absolute Gasteiger partial charge is 0.478 e. The molecule has 4 nitrogen and oxygen atoms in total. The van der Waals surface area contributed by atoms with E-state index in [1.54, 1.807) is 18.2 Å². The molecule has 0 bridgehead atoms. The van der Waals surface area contributed by atoms with E-state index < -0.39 is 5.97 Å². The number of carbonyl (C=O) groups is 1. The quantitative estimate of drug-likeness (QED) is 0.508. The van der Waals surface area contributed by atoms with Gasteiger partial charge in [0.05, 0.1) is 5.56 Å². The van der Waals surface area contributed by atoms with Crippen molar-refractivity contribution in [1.29, 1.82) is 0 Å². The van der Waals surface area contributed by atoms with Crippen LogP contribution in [0.15, 0.2) is 54.6 Å². The van der Waals surface area contributed by atoms with Gasteiger partial charge >= 0.3 is 5.97 Å². The summed E-state index contributed by atoms with van der Waals surface area (Å²) in [6.45, 7) is 6.12. The number of H-pyrrole nitrogens is 1. The number of hydrogen-bond acceptors (Lipinski definition) is 2. The van der Waals surface area contributed by atoms with Crippen LogP contribution in [0, 0.1) is 20.8 Å². The van der Waals surface area contributed by atoms with E-state index in [-0.39, 0.29) is 0 Å². The Balaban J connectivity index is 1.84. The van der Waals surface area contributed by atoms with Gasteiger partial charge in [0.15, 0.2) is 0 Å². The fourth-order valence-corrected chi connectivity index (χ4v) is 3.62. The topological polar surface area (TPSA) is 66.0 Å². The average Bonchev–Trinajstić information content (AvgIpc) is 2.97. The van der Waals surface area contributed by atoms with E-state index in [9.17, 15) is 9.90 Å². The first-order chi connectivity index (χ1) is 12.9. The van der Waals surface area contributed by atoms with Crippen LogP contribution in [0.3, 0.4) is 0 Å². The van der Waals surface area contributed by atoms with Gasteiger partial charge in [0, 0.05) is 33.5 Å². The highest BCUT2D eigenvalue weighted by Crippen LogP contribution is 2.33. The van der Waals surface area contributed by atoms with E-state index in [1.807, 2.05) is 26.0 Å². The highest BCUT2D eigenvalue weighted by molar-refractivity contribution is 5.94. The van der Waals surface area contributed by atoms with Crippen LogP contribution in [0.25, 0.3) is 33.3 Å². The third kappa shape index (κ3) is 3.10. The number of benzene rings is 2. The Morgan fingerprint density at radius 2 is 1.59 bits per heavy atom. The van der Waals surface area contributed by atoms with Crippen molar-refractivity contribution in [3.05, 3.63) is 77.1 Å². The lowest BCUT2D eigenvalue weighted by atomic mass is 10.0. The summed E-state index contributed by atoms with van der Waals surface area (Å²) in [7, 11) is 0. The number of hydrogen-bond donors (Lipinski definition) is 2. The van der Waals surface area contributed by atoms with Gasteiger partial charge in [-0.05, 0) is 67.8 Å². The molecule has 4 aromatic rings. The Morgan fingerprint density at radius 3 is 2.30 bits per heavy atom. The second kappa shape index (κ2) is 6.40. The maximum atomic E-state index is 11.2. The highest BCUT2D eigenvalue weighted by atomic mass is 16.4. The van der Waals surface area contributed by atoms with Crippen LogP contribution in [0.4, 0.5) is 0 Å². The molecule has 0 aliphatic heterocycles. The Kier molecular flexibility index (Phi) is 4.04. The molecule has 0 fully saturated rings. The van der Waals surface area contributed by atoms with Crippen molar-refractivity contribution in [3.8, 4) is 22.4 Å². The van der Waals surface area contributed by atoms with Gasteiger partial charge in [-0.15, -0.1) is 0 Å². The van der Waals surface area contributed by atoms with Crippen LogP contribution in [-0.4, -0.2) is 21.0 Å². The molecular weight excluding hydrogens is 336 g/mol. The van der Waals surface area contributed by atoms with Gasteiger partial charge in [-0.2, -0.15) is 0 Å². The predicted molar refractivity (Wildman–Crippen MR) is 108 cm³/mol. The van der Waals surface area contributed by atoms with E-state index in [4.69, 9.17) is 0 Å². The highest BCUT2D eigenvalue weighted by Gasteiger charge is 2.12. The monoisotopic (exact) mass is 356 g/mol. The second-order valence-electron chi connectivity index (χ2n) is 6.91. The first-order valence-corrected chi connectivity index (χ1v) is 8.84. The molecule has 2 aromatic carbocycles. The lowest BCUT2D eigenvalue weighted by Gasteiger charge is -2.04. The van der Waals surface area contributed by atoms with Crippen LogP contribution in [0.1, 0.15) is 27.3 Å². The van der Waals surface area contributed by atoms with Crippen molar-refractivity contribution in [2.75, 3.05) is 0 Å². The van der Waals surface area contributed by atoms with E-state index in [0.29, 0.717) is 5.56 Å². The smallest absolute Gasteiger partial charge is 0.335 e. The minimum atomic E-state index is -0.917. The molecule has 134 valence electrons. The Labute approximate surface area is 157 Å². The van der Waals surface area contributed by atoms with E-state index >= 15 is 0 Å². The molecule has 0 amide bonds. The van der Waals surface area contributed by atoms with E-state index in [2.05, 4.69) is 41.2 Å². The zero-order chi connectivity index (χ0) is 19.1. The molecule has 4 rings (SSSR count). The van der Waals surface area contributed by atoms with Crippen molar-refractivity contribution in [2.24, 2.45) is 0 Å². The van der Waals surface area contributed by atoms with Crippen LogP contribution in [0.5, 0.6) is 0 Å². The SMILES string of the molecule is Cc1cc(-c2[nH]c3cc(-c4cccc(C(=O)O)c4)ccc3c2C)cc(C)n1. The van der Waals surface area contributed by atoms with Crippen LogP contribution < -0.4 is 0 Å². The number of aromatic amines is 1. The van der Waals surface area contributed by atoms with Gasteiger partial charge in [0.2, 0.25) is 0 Å². The number of rotatable bonds is 3. The molecule has 27 heavy (non-hydrogen) atoms. The predicted octanol–water partition coefficient (Wildman–Crippen LogP) is 5.52. The summed E-state index contributed by atoms with van der Waals surface area (Å²) in [4.78, 5) is 19.2. The van der Waals surface area contributed by atoms with Gasteiger partial charge in [-0.3, -0.25) is 4.98 Å². The van der Waals surface area contributed by atoms with Crippen molar-refractivity contribution in [1.82, 2.24) is 9.97 Å². The number of aromatic carboxylic acids is 1. The summed E-state index contributed by atoms with van der Waals surface area (Å²) in [5.74, 6) is -0.917. The van der Waals surface area contributed by atoms with Crippen molar-refractivity contribution in [3.63, 3.8) is 0 Å². The Morgan fingerprint density at radius 1 is 0.889 bits per heavy atom. The molecule has 2 heterocycles. The van der Waals surface area contributed by atoms with Gasteiger partial charge in [-0.25, -0.2) is 4.79 Å². The van der Waals surface area contributed by atoms with E-state index in [0.717, 1.165) is 44.7 Å². The number of pyridine rings is 1. The minimum absolute atomic E-state index is 0.290. The summed E-state index contributed by atoms with van der Waals surface area (Å²) in [6, 6.07) is 17.4. The number of aromatic nitrogens is 2. The molecule has 0 radical (unpaired) electrons. The minimum Gasteiger partial charge on any atom is -0.478 e. The zero-order valence-electron chi connectivity index (χ0n) is 15.5. The molecule has 0 saturated carbocycles. The number of nitrogens with one attached hydrogen (secondary N) is 1. The first-order valence-electron chi connectivity index (χ1n) is 8.84. The molecule has 4 heteroatoms. The van der Waals surface area contributed by atoms with Crippen molar-refractivity contribution >= 4 is 16.9 Å². The van der Waals surface area contributed by atoms with Gasteiger partial charge in [0.25, 0.3) is 0 Å². The first kappa shape index (κ1) is 17.0. The maximum absolute atomic E-state index is 11.2. The molecule has 2 aromatic heterocycles. The summed E-state index contributed by atoms with van der Waals surface area (Å²) >= 11 is 0. The second-order valence-corrected chi connectivity index (χ2v) is 6.91. The van der Waals surface area contributed by atoms with Crippen LogP contribution in [0.2, 0.25) is 0 Å². The fourth-order valence-electron chi connectivity index (χ4n) is 3.62. The number of carboxylic acids is 1. The maximum Gasteiger partial charge on any atom is 0.335 e. The number of carboxylic acid groups (broad SMARTS) is 1. The number of nitrogens with zero attached hydrogens (tertiary/aromatic N) is 1. The summed E-state index contributed by atoms with van der Waals surface area (Å²) in [5, 5.41) is 10.4. The summed E-state index contributed by atoms with van der Waals surface area (Å²) in [5.41, 5.74) is 8.61. The Bertz CT molecular complexity index is 1170. The molecule has 0 atom stereocenters. The van der Waals surface area contributed by atoms with Gasteiger partial charge in [-0.1, -0.05) is 24.3 Å². The van der Waals surface area contributed by atoms with Crippen LogP contribution in [-0.2, 0) is 0 Å². The van der Waals surface area contributed by atoms with Crippen molar-refractivity contribution in [2.45, 2.75) is 20.8 Å². The van der Waals surface area contributed by atoms with Gasteiger partial charge < -0.3 is 10.1 Å². The molecule has 0 unspecified atom stereocenters. The zero-order valence-corrected chi connectivity index (χ0v) is 15.5. The summed E-state index contributed by atoms with van der Waals surface area (Å²) in [6.07, 6.45) is 0. The third-order valence-corrected chi connectivity index (χ3v) is 4.87. The third-order valence-electron chi connectivity index (χ3n) is 4.87. The molecular formula is C23H20N2O2. The molecule has 2 N–H and O–H groups in total. The molecule has 0 aliphatic rings. The lowest BCUT2D eigenvalue weighted by Crippen LogP contribution is -1.95. The number of fused-ring (bicyclic) bond motifs is 1. The van der Waals surface area contributed by atoms with Gasteiger partial charge in [0.1, 0.15) is 0 Å².